The van der Waals surface area contributed by atoms with Crippen LogP contribution in [0, 0.1) is 23.2 Å². The Hall–Kier alpha value is -1.32. The maximum Gasteiger partial charge on any atom is 0.309 e. The second kappa shape index (κ2) is 4.85. The summed E-state index contributed by atoms with van der Waals surface area (Å²) in [7, 11) is 0. The molecule has 4 nitrogen and oxygen atoms in total. The largest absolute Gasteiger partial charge is 0.462 e. The highest BCUT2D eigenvalue weighted by molar-refractivity contribution is 5.75. The molecule has 4 heteroatoms. The molecule has 0 aromatic carbocycles. The Balaban J connectivity index is 1.93. The van der Waals surface area contributed by atoms with Crippen LogP contribution in [0.1, 0.15) is 46.5 Å². The summed E-state index contributed by atoms with van der Waals surface area (Å²) in [6, 6.07) is 0. The van der Waals surface area contributed by atoms with Crippen LogP contribution in [0.3, 0.4) is 0 Å². The van der Waals surface area contributed by atoms with E-state index in [4.69, 9.17) is 9.47 Å². The summed E-state index contributed by atoms with van der Waals surface area (Å²) < 4.78 is 11.3. The highest BCUT2D eigenvalue weighted by Crippen LogP contribution is 2.58. The van der Waals surface area contributed by atoms with E-state index in [1.54, 1.807) is 0 Å². The fraction of sp³-hybridized carbons (Fsp3) is 0.765. The normalized spacial score (nSPS) is 45.6. The minimum atomic E-state index is -0.230. The molecule has 0 aromatic rings. The van der Waals surface area contributed by atoms with Crippen LogP contribution in [0.25, 0.3) is 0 Å². The highest BCUT2D eigenvalue weighted by atomic mass is 16.6. The van der Waals surface area contributed by atoms with E-state index < -0.39 is 0 Å². The lowest BCUT2D eigenvalue weighted by Crippen LogP contribution is -2.54. The predicted octanol–water partition coefficient (Wildman–Crippen LogP) is 2.86. The molecule has 0 aromatic heterocycles. The lowest BCUT2D eigenvalue weighted by molar-refractivity contribution is -0.171. The Bertz CT molecular complexity index is 497. The van der Waals surface area contributed by atoms with E-state index in [1.165, 1.54) is 6.92 Å². The molecule has 0 radical (unpaired) electrons. The van der Waals surface area contributed by atoms with Crippen molar-refractivity contribution in [1.82, 2.24) is 0 Å². The quantitative estimate of drug-likeness (QED) is 0.551. The third-order valence-electron chi connectivity index (χ3n) is 5.95. The Labute approximate surface area is 125 Å². The Morgan fingerprint density at radius 2 is 2.14 bits per heavy atom. The monoisotopic (exact) mass is 292 g/mol. The van der Waals surface area contributed by atoms with Gasteiger partial charge in [-0.15, -0.1) is 0 Å². The summed E-state index contributed by atoms with van der Waals surface area (Å²) in [5, 5.41) is 0. The molecule has 0 bridgehead atoms. The Kier molecular flexibility index (Phi) is 3.38. The van der Waals surface area contributed by atoms with Gasteiger partial charge in [-0.3, -0.25) is 9.59 Å². The van der Waals surface area contributed by atoms with Crippen LogP contribution in [0.5, 0.6) is 0 Å². The van der Waals surface area contributed by atoms with Crippen molar-refractivity contribution in [2.45, 2.75) is 58.7 Å². The molecule has 1 heterocycles. The zero-order chi connectivity index (χ0) is 15.4. The Morgan fingerprint density at radius 1 is 1.43 bits per heavy atom. The first-order valence-electron chi connectivity index (χ1n) is 7.90. The number of fused-ring (bicyclic) bond motifs is 3. The van der Waals surface area contributed by atoms with Crippen molar-refractivity contribution in [3.63, 3.8) is 0 Å². The van der Waals surface area contributed by atoms with Crippen LogP contribution in [0.2, 0.25) is 0 Å². The third-order valence-corrected chi connectivity index (χ3v) is 5.95. The molecule has 0 unspecified atom stereocenters. The molecule has 21 heavy (non-hydrogen) atoms. The minimum absolute atomic E-state index is 0.0264. The zero-order valence-electron chi connectivity index (χ0n) is 13.1. The van der Waals surface area contributed by atoms with Gasteiger partial charge in [0, 0.05) is 24.2 Å². The summed E-state index contributed by atoms with van der Waals surface area (Å²) in [5.41, 5.74) is 0.990. The van der Waals surface area contributed by atoms with Crippen LogP contribution in [-0.2, 0) is 19.1 Å². The van der Waals surface area contributed by atoms with Gasteiger partial charge in [0.2, 0.25) is 0 Å². The van der Waals surface area contributed by atoms with Crippen LogP contribution in [0.4, 0.5) is 0 Å². The molecular formula is C17H24O4. The van der Waals surface area contributed by atoms with E-state index in [0.717, 1.165) is 31.3 Å². The van der Waals surface area contributed by atoms with Gasteiger partial charge in [-0.2, -0.15) is 0 Å². The molecule has 6 atom stereocenters. The highest BCUT2D eigenvalue weighted by Gasteiger charge is 2.59. The van der Waals surface area contributed by atoms with Gasteiger partial charge < -0.3 is 9.47 Å². The molecule has 3 aliphatic rings. The predicted molar refractivity (Wildman–Crippen MR) is 77.3 cm³/mol. The van der Waals surface area contributed by atoms with E-state index in [0.29, 0.717) is 0 Å². The van der Waals surface area contributed by atoms with Gasteiger partial charge in [0.05, 0.1) is 5.92 Å². The average molecular weight is 292 g/mol. The van der Waals surface area contributed by atoms with Crippen molar-refractivity contribution in [3.05, 3.63) is 12.2 Å². The fourth-order valence-corrected chi connectivity index (χ4v) is 4.78. The van der Waals surface area contributed by atoms with Crippen molar-refractivity contribution in [3.8, 4) is 0 Å². The molecule has 1 saturated heterocycles. The molecule has 0 spiro atoms. The van der Waals surface area contributed by atoms with E-state index in [9.17, 15) is 9.59 Å². The van der Waals surface area contributed by atoms with E-state index in [1.807, 2.05) is 6.92 Å². The molecule has 116 valence electrons. The number of carbonyl (C=O) groups excluding carboxylic acids is 2. The van der Waals surface area contributed by atoms with Crippen LogP contribution in [0.15, 0.2) is 12.2 Å². The maximum absolute atomic E-state index is 11.9. The first kappa shape index (κ1) is 14.6. The van der Waals surface area contributed by atoms with Gasteiger partial charge >= 0.3 is 11.9 Å². The smallest absolute Gasteiger partial charge is 0.309 e. The molecule has 2 saturated carbocycles. The molecule has 0 N–H and O–H groups in total. The number of ether oxygens (including phenoxy) is 2. The topological polar surface area (TPSA) is 52.6 Å². The standard InChI is InChI=1S/C17H24O4/c1-9-5-6-13(20-11(3)18)17(4)8-7-12-10(2)16(19)21-15(12)14(9)17/h10,12-15H,1,5-8H2,2-4H3/t10-,12-,13+,14+,15+,17-/m0/s1. The Morgan fingerprint density at radius 3 is 2.81 bits per heavy atom. The number of hydrogen-bond donors (Lipinski definition) is 0. The molecule has 2 aliphatic carbocycles. The molecule has 0 amide bonds. The van der Waals surface area contributed by atoms with E-state index in [2.05, 4.69) is 13.5 Å². The van der Waals surface area contributed by atoms with Gasteiger partial charge in [-0.1, -0.05) is 26.0 Å². The van der Waals surface area contributed by atoms with Crippen LogP contribution in [-0.4, -0.2) is 24.1 Å². The van der Waals surface area contributed by atoms with Crippen molar-refractivity contribution in [2.24, 2.45) is 23.2 Å². The van der Waals surface area contributed by atoms with Gasteiger partial charge in [0.15, 0.2) is 0 Å². The van der Waals surface area contributed by atoms with Gasteiger partial charge in [0.25, 0.3) is 0 Å². The molecular weight excluding hydrogens is 268 g/mol. The van der Waals surface area contributed by atoms with Crippen molar-refractivity contribution in [2.75, 3.05) is 0 Å². The summed E-state index contributed by atoms with van der Waals surface area (Å²) in [6.07, 6.45) is 3.39. The SMILES string of the molecule is C=C1CC[C@@H](OC(C)=O)[C@]2(C)CC[C@@H]3[C@@H](OC(=O)[C@H]3C)[C@@H]12. The lowest BCUT2D eigenvalue weighted by atomic mass is 9.54. The van der Waals surface area contributed by atoms with E-state index >= 15 is 0 Å². The molecule has 3 fully saturated rings. The van der Waals surface area contributed by atoms with Crippen molar-refractivity contribution in [1.29, 1.82) is 0 Å². The number of hydrogen-bond acceptors (Lipinski definition) is 4. The number of rotatable bonds is 1. The number of esters is 2. The van der Waals surface area contributed by atoms with Crippen molar-refractivity contribution >= 4 is 11.9 Å². The second-order valence-corrected chi connectivity index (χ2v) is 7.17. The van der Waals surface area contributed by atoms with Crippen LogP contribution >= 0.6 is 0 Å². The average Bonchev–Trinajstić information content (AvgIpc) is 2.68. The fourth-order valence-electron chi connectivity index (χ4n) is 4.78. The summed E-state index contributed by atoms with van der Waals surface area (Å²) >= 11 is 0. The first-order chi connectivity index (χ1) is 9.84. The minimum Gasteiger partial charge on any atom is -0.462 e. The van der Waals surface area contributed by atoms with Crippen molar-refractivity contribution < 1.29 is 19.1 Å². The lowest BCUT2D eigenvalue weighted by Gasteiger charge is -2.53. The second-order valence-electron chi connectivity index (χ2n) is 7.17. The molecule has 1 aliphatic heterocycles. The summed E-state index contributed by atoms with van der Waals surface area (Å²) in [6.45, 7) is 9.83. The summed E-state index contributed by atoms with van der Waals surface area (Å²) in [4.78, 5) is 23.4. The van der Waals surface area contributed by atoms with Gasteiger partial charge in [-0.05, 0) is 25.7 Å². The third kappa shape index (κ3) is 2.11. The molecule has 3 rings (SSSR count). The zero-order valence-corrected chi connectivity index (χ0v) is 13.1. The maximum atomic E-state index is 11.9. The summed E-state index contributed by atoms with van der Waals surface area (Å²) in [5.74, 6) is 0.0520. The number of carbonyl (C=O) groups is 2. The first-order valence-corrected chi connectivity index (χ1v) is 7.90. The van der Waals surface area contributed by atoms with Gasteiger partial charge in [-0.25, -0.2) is 0 Å². The van der Waals surface area contributed by atoms with Crippen LogP contribution < -0.4 is 0 Å². The van der Waals surface area contributed by atoms with E-state index in [-0.39, 0.29) is 47.3 Å². The van der Waals surface area contributed by atoms with Gasteiger partial charge in [0.1, 0.15) is 12.2 Å².